The Morgan fingerprint density at radius 2 is 1.70 bits per heavy atom. The highest BCUT2D eigenvalue weighted by Gasteiger charge is 2.07. The highest BCUT2D eigenvalue weighted by molar-refractivity contribution is 5.87. The molecule has 0 bridgehead atoms. The molecule has 0 N–H and O–H groups in total. The van der Waals surface area contributed by atoms with Crippen molar-refractivity contribution in [2.24, 2.45) is 0 Å². The lowest BCUT2D eigenvalue weighted by molar-refractivity contribution is -0.141. The molecular formula is C15H26O5. The van der Waals surface area contributed by atoms with E-state index in [1.807, 2.05) is 0 Å². The molecule has 116 valence electrons. The van der Waals surface area contributed by atoms with Gasteiger partial charge in [0, 0.05) is 6.61 Å². The first-order chi connectivity index (χ1) is 9.72. The maximum Gasteiger partial charge on any atom is 0.335 e. The highest BCUT2D eigenvalue weighted by Crippen LogP contribution is 1.96. The van der Waals surface area contributed by atoms with Crippen LogP contribution in [-0.4, -0.2) is 52.2 Å². The largest absolute Gasteiger partial charge is 0.460 e. The summed E-state index contributed by atoms with van der Waals surface area (Å²) in [5.74, 6) is -0.461. The third-order valence-corrected chi connectivity index (χ3v) is 2.28. The van der Waals surface area contributed by atoms with Gasteiger partial charge in [0.1, 0.15) is 6.61 Å². The van der Waals surface area contributed by atoms with Crippen LogP contribution >= 0.6 is 0 Å². The van der Waals surface area contributed by atoms with Crippen molar-refractivity contribution in [2.75, 3.05) is 46.2 Å². The van der Waals surface area contributed by atoms with Crippen LogP contribution in [0.25, 0.3) is 0 Å². The van der Waals surface area contributed by atoms with E-state index in [1.165, 1.54) is 0 Å². The van der Waals surface area contributed by atoms with E-state index in [4.69, 9.17) is 18.9 Å². The summed E-state index contributed by atoms with van der Waals surface area (Å²) in [7, 11) is 0. The van der Waals surface area contributed by atoms with Crippen molar-refractivity contribution < 1.29 is 23.7 Å². The Morgan fingerprint density at radius 3 is 2.35 bits per heavy atom. The van der Waals surface area contributed by atoms with E-state index in [0.29, 0.717) is 26.4 Å². The number of ether oxygens (including phenoxy) is 4. The second-order valence-corrected chi connectivity index (χ2v) is 4.12. The Hall–Kier alpha value is -1.17. The van der Waals surface area contributed by atoms with E-state index in [0.717, 1.165) is 19.4 Å². The van der Waals surface area contributed by atoms with Gasteiger partial charge in [-0.3, -0.25) is 0 Å². The van der Waals surface area contributed by atoms with Crippen LogP contribution in [0.2, 0.25) is 0 Å². The molecule has 0 atom stereocenters. The highest BCUT2D eigenvalue weighted by atomic mass is 16.6. The van der Waals surface area contributed by atoms with Gasteiger partial charge in [0.05, 0.1) is 38.6 Å². The standard InChI is InChI=1S/C15H26O5/c1-4-6-8-17-9-10-18-11-12-20-15(16)14(3)13-19-7-5-2/h5H,2-4,6-13H2,1H3. The van der Waals surface area contributed by atoms with E-state index in [1.54, 1.807) is 6.08 Å². The van der Waals surface area contributed by atoms with Gasteiger partial charge in [-0.1, -0.05) is 26.0 Å². The molecule has 0 spiro atoms. The minimum absolute atomic E-state index is 0.150. The minimum atomic E-state index is -0.461. The summed E-state index contributed by atoms with van der Waals surface area (Å²) in [6.45, 7) is 12.1. The topological polar surface area (TPSA) is 54.0 Å². The molecule has 0 aliphatic rings. The first kappa shape index (κ1) is 18.8. The van der Waals surface area contributed by atoms with E-state index >= 15 is 0 Å². The molecule has 0 fully saturated rings. The Balaban J connectivity index is 3.34. The van der Waals surface area contributed by atoms with Gasteiger partial charge in [-0.15, -0.1) is 6.58 Å². The molecule has 0 unspecified atom stereocenters. The summed E-state index contributed by atoms with van der Waals surface area (Å²) in [6, 6.07) is 0. The molecule has 0 saturated carbocycles. The second-order valence-electron chi connectivity index (χ2n) is 4.12. The summed E-state index contributed by atoms with van der Waals surface area (Å²) < 4.78 is 20.7. The number of carbonyl (C=O) groups is 1. The fourth-order valence-electron chi connectivity index (χ4n) is 1.19. The number of rotatable bonds is 14. The molecule has 0 rings (SSSR count). The van der Waals surface area contributed by atoms with Crippen LogP contribution in [0, 0.1) is 0 Å². The predicted molar refractivity (Wildman–Crippen MR) is 77.7 cm³/mol. The van der Waals surface area contributed by atoms with Crippen molar-refractivity contribution in [1.29, 1.82) is 0 Å². The molecular weight excluding hydrogens is 260 g/mol. The van der Waals surface area contributed by atoms with Crippen molar-refractivity contribution in [1.82, 2.24) is 0 Å². The quantitative estimate of drug-likeness (QED) is 0.212. The predicted octanol–water partition coefficient (Wildman–Crippen LogP) is 2.12. The van der Waals surface area contributed by atoms with Crippen molar-refractivity contribution in [3.63, 3.8) is 0 Å². The van der Waals surface area contributed by atoms with Gasteiger partial charge in [-0.05, 0) is 6.42 Å². The summed E-state index contributed by atoms with van der Waals surface area (Å²) >= 11 is 0. The third kappa shape index (κ3) is 11.9. The fourth-order valence-corrected chi connectivity index (χ4v) is 1.19. The summed E-state index contributed by atoms with van der Waals surface area (Å²) in [6.07, 6.45) is 3.79. The maximum absolute atomic E-state index is 11.4. The lowest BCUT2D eigenvalue weighted by Gasteiger charge is -2.08. The van der Waals surface area contributed by atoms with Crippen LogP contribution in [-0.2, 0) is 23.7 Å². The first-order valence-corrected chi connectivity index (χ1v) is 6.91. The zero-order valence-corrected chi connectivity index (χ0v) is 12.4. The number of hydrogen-bond acceptors (Lipinski definition) is 5. The number of hydrogen-bond donors (Lipinski definition) is 0. The third-order valence-electron chi connectivity index (χ3n) is 2.28. The van der Waals surface area contributed by atoms with Gasteiger partial charge < -0.3 is 18.9 Å². The number of carbonyl (C=O) groups excluding carboxylic acids is 1. The molecule has 0 aromatic heterocycles. The molecule has 0 aromatic carbocycles. The molecule has 0 heterocycles. The van der Waals surface area contributed by atoms with E-state index in [-0.39, 0.29) is 18.8 Å². The summed E-state index contributed by atoms with van der Waals surface area (Å²) in [5, 5.41) is 0. The monoisotopic (exact) mass is 286 g/mol. The van der Waals surface area contributed by atoms with Crippen LogP contribution in [0.1, 0.15) is 19.8 Å². The van der Waals surface area contributed by atoms with Crippen LogP contribution in [0.3, 0.4) is 0 Å². The summed E-state index contributed by atoms with van der Waals surface area (Å²) in [5.41, 5.74) is 0.287. The normalized spacial score (nSPS) is 10.2. The molecule has 0 radical (unpaired) electrons. The molecule has 0 amide bonds. The van der Waals surface area contributed by atoms with E-state index < -0.39 is 5.97 Å². The smallest absolute Gasteiger partial charge is 0.335 e. The lowest BCUT2D eigenvalue weighted by atomic mass is 10.3. The number of unbranched alkanes of at least 4 members (excludes halogenated alkanes) is 1. The van der Waals surface area contributed by atoms with Crippen molar-refractivity contribution in [3.8, 4) is 0 Å². The molecule has 5 heteroatoms. The van der Waals surface area contributed by atoms with Crippen LogP contribution in [0.15, 0.2) is 24.8 Å². The fraction of sp³-hybridized carbons (Fsp3) is 0.667. The van der Waals surface area contributed by atoms with E-state index in [9.17, 15) is 4.79 Å². The molecule has 0 aromatic rings. The van der Waals surface area contributed by atoms with Gasteiger partial charge in [-0.25, -0.2) is 4.79 Å². The van der Waals surface area contributed by atoms with Crippen LogP contribution in [0.4, 0.5) is 0 Å². The molecule has 0 aliphatic carbocycles. The van der Waals surface area contributed by atoms with Crippen LogP contribution < -0.4 is 0 Å². The molecule has 0 saturated heterocycles. The molecule has 0 aliphatic heterocycles. The van der Waals surface area contributed by atoms with Crippen LogP contribution in [0.5, 0.6) is 0 Å². The zero-order valence-electron chi connectivity index (χ0n) is 12.4. The van der Waals surface area contributed by atoms with Gasteiger partial charge in [0.2, 0.25) is 0 Å². The van der Waals surface area contributed by atoms with Crippen molar-refractivity contribution in [3.05, 3.63) is 24.8 Å². The van der Waals surface area contributed by atoms with Gasteiger partial charge >= 0.3 is 5.97 Å². The zero-order chi connectivity index (χ0) is 15.1. The Kier molecular flexibility index (Phi) is 13.4. The SMILES string of the molecule is C=CCOCC(=C)C(=O)OCCOCCOCCCC. The number of esters is 1. The maximum atomic E-state index is 11.4. The Morgan fingerprint density at radius 1 is 1.05 bits per heavy atom. The summed E-state index contributed by atoms with van der Waals surface area (Å²) in [4.78, 5) is 11.4. The second kappa shape index (κ2) is 14.2. The average Bonchev–Trinajstić information content (AvgIpc) is 2.45. The Bertz CT molecular complexity index is 275. The minimum Gasteiger partial charge on any atom is -0.460 e. The molecule has 20 heavy (non-hydrogen) atoms. The van der Waals surface area contributed by atoms with Crippen molar-refractivity contribution >= 4 is 5.97 Å². The molecule has 5 nitrogen and oxygen atoms in total. The average molecular weight is 286 g/mol. The van der Waals surface area contributed by atoms with Crippen molar-refractivity contribution in [2.45, 2.75) is 19.8 Å². The van der Waals surface area contributed by atoms with E-state index in [2.05, 4.69) is 20.1 Å². The van der Waals surface area contributed by atoms with Gasteiger partial charge in [0.15, 0.2) is 0 Å². The first-order valence-electron chi connectivity index (χ1n) is 6.91. The van der Waals surface area contributed by atoms with Gasteiger partial charge in [0.25, 0.3) is 0 Å². The Labute approximate surface area is 121 Å². The lowest BCUT2D eigenvalue weighted by Crippen LogP contribution is -2.16. The van der Waals surface area contributed by atoms with Gasteiger partial charge in [-0.2, -0.15) is 0 Å².